The molecule has 0 saturated carbocycles. The van der Waals surface area contributed by atoms with Crippen LogP contribution in [0.3, 0.4) is 0 Å². The number of aromatic nitrogens is 2. The molecule has 4 rings (SSSR count). The summed E-state index contributed by atoms with van der Waals surface area (Å²) in [6.45, 7) is 3.29. The van der Waals surface area contributed by atoms with Crippen LogP contribution in [0.5, 0.6) is 11.6 Å². The van der Waals surface area contributed by atoms with Crippen molar-refractivity contribution in [2.45, 2.75) is 6.10 Å². The summed E-state index contributed by atoms with van der Waals surface area (Å²) in [5.41, 5.74) is 0.711. The van der Waals surface area contributed by atoms with Crippen LogP contribution in [0.2, 0.25) is 5.02 Å². The number of sulfonamides is 1. The highest BCUT2D eigenvalue weighted by Gasteiger charge is 2.35. The minimum absolute atomic E-state index is 0.0707. The highest BCUT2D eigenvalue weighted by Crippen LogP contribution is 2.40. The first-order chi connectivity index (χ1) is 16.5. The lowest BCUT2D eigenvalue weighted by Crippen LogP contribution is -2.55. The molecule has 1 aromatic carbocycles. The van der Waals surface area contributed by atoms with E-state index in [2.05, 4.69) is 20.2 Å². The number of benzene rings is 1. The van der Waals surface area contributed by atoms with Crippen LogP contribution in [0.1, 0.15) is 0 Å². The summed E-state index contributed by atoms with van der Waals surface area (Å²) in [4.78, 5) is 24.0. The van der Waals surface area contributed by atoms with Crippen LogP contribution in [0.25, 0.3) is 0 Å². The number of nitro benzene ring substituents is 1. The lowest BCUT2D eigenvalue weighted by atomic mass is 10.1. The normalized spacial score (nSPS) is 17.7. The molecule has 0 aliphatic carbocycles. The Kier molecular flexibility index (Phi) is 7.17. The van der Waals surface area contributed by atoms with Gasteiger partial charge in [-0.3, -0.25) is 10.1 Å². The predicted molar refractivity (Wildman–Crippen MR) is 131 cm³/mol. The van der Waals surface area contributed by atoms with E-state index in [-0.39, 0.29) is 35.6 Å². The molecule has 1 N–H and O–H groups in total. The van der Waals surface area contributed by atoms with E-state index in [9.17, 15) is 18.5 Å². The van der Waals surface area contributed by atoms with Gasteiger partial charge in [0, 0.05) is 38.3 Å². The molecule has 2 saturated heterocycles. The van der Waals surface area contributed by atoms with Gasteiger partial charge in [0.2, 0.25) is 21.9 Å². The summed E-state index contributed by atoms with van der Waals surface area (Å²) in [6, 6.07) is 3.02. The quantitative estimate of drug-likeness (QED) is 0.394. The van der Waals surface area contributed by atoms with Crippen molar-refractivity contribution in [3.63, 3.8) is 0 Å². The second-order valence-corrected chi connectivity index (χ2v) is 10.8. The van der Waals surface area contributed by atoms with Gasteiger partial charge < -0.3 is 24.6 Å². The first-order valence-corrected chi connectivity index (χ1v) is 13.0. The molecule has 0 spiro atoms. The van der Waals surface area contributed by atoms with Gasteiger partial charge in [-0.15, -0.1) is 0 Å². The monoisotopic (exact) mass is 527 g/mol. The van der Waals surface area contributed by atoms with Crippen molar-refractivity contribution in [2.24, 2.45) is 0 Å². The van der Waals surface area contributed by atoms with Gasteiger partial charge in [0.25, 0.3) is 5.69 Å². The summed E-state index contributed by atoms with van der Waals surface area (Å²) < 4.78 is 35.6. The molecule has 2 aliphatic heterocycles. The number of nitrogens with zero attached hydrogens (tertiary/aromatic N) is 6. The number of rotatable bonds is 8. The second kappa shape index (κ2) is 9.97. The zero-order chi connectivity index (χ0) is 25.3. The Bertz CT molecular complexity index is 1220. The van der Waals surface area contributed by atoms with E-state index in [1.807, 2.05) is 11.9 Å². The Morgan fingerprint density at radius 2 is 1.91 bits per heavy atom. The number of anilines is 3. The first-order valence-electron chi connectivity index (χ1n) is 10.8. The molecule has 0 bridgehead atoms. The number of halogens is 1. The van der Waals surface area contributed by atoms with Crippen molar-refractivity contribution in [3.05, 3.63) is 33.5 Å². The van der Waals surface area contributed by atoms with Crippen LogP contribution in [0.4, 0.5) is 23.0 Å². The van der Waals surface area contributed by atoms with E-state index in [1.54, 1.807) is 6.07 Å². The Balaban J connectivity index is 1.56. The number of hydrogen-bond donors (Lipinski definition) is 1. The molecule has 2 aliphatic rings. The fourth-order valence-electron chi connectivity index (χ4n) is 3.79. The minimum atomic E-state index is -3.28. The topological polar surface area (TPSA) is 143 Å². The number of hydrogen-bond acceptors (Lipinski definition) is 11. The van der Waals surface area contributed by atoms with E-state index in [4.69, 9.17) is 21.1 Å². The Morgan fingerprint density at radius 1 is 1.23 bits per heavy atom. The number of ether oxygens (including phenoxy) is 2. The Morgan fingerprint density at radius 3 is 2.51 bits per heavy atom. The fourth-order valence-corrected chi connectivity index (χ4v) is 4.80. The SMILES string of the molecule is COc1cc(N2CCN(C)CC2)c([N+](=O)[O-])cc1Nc1ncc(Cl)c(OC2CN(S(C)(=O)=O)C2)n1. The smallest absolute Gasteiger partial charge is 0.294 e. The maximum atomic E-state index is 11.9. The van der Waals surface area contributed by atoms with Crippen LogP contribution in [-0.2, 0) is 10.0 Å². The van der Waals surface area contributed by atoms with Gasteiger partial charge in [-0.2, -0.15) is 9.29 Å². The largest absolute Gasteiger partial charge is 0.494 e. The molecule has 35 heavy (non-hydrogen) atoms. The fraction of sp³-hybridized carbons (Fsp3) is 0.500. The maximum absolute atomic E-state index is 11.9. The molecular weight excluding hydrogens is 502 g/mol. The van der Waals surface area contributed by atoms with Gasteiger partial charge in [0.15, 0.2) is 0 Å². The van der Waals surface area contributed by atoms with E-state index >= 15 is 0 Å². The van der Waals surface area contributed by atoms with Gasteiger partial charge in [-0.1, -0.05) is 11.6 Å². The third kappa shape index (κ3) is 5.66. The van der Waals surface area contributed by atoms with E-state index in [0.717, 1.165) is 19.3 Å². The van der Waals surface area contributed by atoms with Crippen molar-refractivity contribution in [1.82, 2.24) is 19.2 Å². The molecule has 0 radical (unpaired) electrons. The second-order valence-electron chi connectivity index (χ2n) is 8.38. The number of likely N-dealkylation sites (N-methyl/N-ethyl adjacent to an activating group) is 1. The molecule has 0 unspecified atom stereocenters. The highest BCUT2D eigenvalue weighted by molar-refractivity contribution is 7.88. The summed E-state index contributed by atoms with van der Waals surface area (Å²) >= 11 is 6.16. The lowest BCUT2D eigenvalue weighted by Gasteiger charge is -2.36. The first kappa shape index (κ1) is 25.2. The Labute approximate surface area is 207 Å². The summed E-state index contributed by atoms with van der Waals surface area (Å²) in [6.07, 6.45) is 2.06. The van der Waals surface area contributed by atoms with Gasteiger partial charge in [0.05, 0.1) is 43.3 Å². The molecule has 15 heteroatoms. The summed E-state index contributed by atoms with van der Waals surface area (Å²) in [7, 11) is 0.201. The molecule has 2 fully saturated rings. The number of nitrogens with one attached hydrogen (secondary N) is 1. The molecule has 1 aromatic heterocycles. The lowest BCUT2D eigenvalue weighted by molar-refractivity contribution is -0.384. The molecular formula is C20H26ClN7O6S. The number of nitro groups is 1. The van der Waals surface area contributed by atoms with Crippen LogP contribution < -0.4 is 19.7 Å². The molecule has 190 valence electrons. The van der Waals surface area contributed by atoms with E-state index in [0.29, 0.717) is 30.2 Å². The molecule has 2 aromatic rings. The number of piperazine rings is 1. The standard InChI is InChI=1S/C20H26ClN7O6S/c1-25-4-6-26(7-5-25)16-9-18(33-2)15(8-17(16)28(29)30)23-20-22-10-14(21)19(24-20)34-13-11-27(12-13)35(3,31)32/h8-10,13H,4-7,11-12H2,1-3H3,(H,22,23,24). The highest BCUT2D eigenvalue weighted by atomic mass is 35.5. The van der Waals surface area contributed by atoms with Gasteiger partial charge in [-0.25, -0.2) is 13.4 Å². The third-order valence-corrected chi connectivity index (χ3v) is 7.35. The summed E-state index contributed by atoms with van der Waals surface area (Å²) in [5, 5.41) is 15.0. The molecule has 0 atom stereocenters. The van der Waals surface area contributed by atoms with Gasteiger partial charge >= 0.3 is 0 Å². The van der Waals surface area contributed by atoms with Crippen molar-refractivity contribution in [2.75, 3.05) is 69.9 Å². The van der Waals surface area contributed by atoms with Crippen molar-refractivity contribution in [3.8, 4) is 11.6 Å². The zero-order valence-electron chi connectivity index (χ0n) is 19.5. The van der Waals surface area contributed by atoms with Crippen molar-refractivity contribution in [1.29, 1.82) is 0 Å². The summed E-state index contributed by atoms with van der Waals surface area (Å²) in [5.74, 6) is 0.543. The third-order valence-electron chi connectivity index (χ3n) is 5.86. The van der Waals surface area contributed by atoms with E-state index in [1.165, 1.54) is 23.7 Å². The molecule has 0 amide bonds. The average Bonchev–Trinajstić information content (AvgIpc) is 2.77. The average molecular weight is 528 g/mol. The van der Waals surface area contributed by atoms with Crippen LogP contribution >= 0.6 is 11.6 Å². The van der Waals surface area contributed by atoms with Crippen LogP contribution in [-0.4, -0.2) is 98.3 Å². The maximum Gasteiger partial charge on any atom is 0.294 e. The minimum Gasteiger partial charge on any atom is -0.494 e. The molecule has 13 nitrogen and oxygen atoms in total. The molecule has 3 heterocycles. The van der Waals surface area contributed by atoms with Gasteiger partial charge in [-0.05, 0) is 7.05 Å². The van der Waals surface area contributed by atoms with Gasteiger partial charge in [0.1, 0.15) is 22.6 Å². The van der Waals surface area contributed by atoms with E-state index < -0.39 is 21.1 Å². The van der Waals surface area contributed by atoms with Crippen LogP contribution in [0.15, 0.2) is 18.3 Å². The zero-order valence-corrected chi connectivity index (χ0v) is 21.0. The van der Waals surface area contributed by atoms with Crippen LogP contribution in [0, 0.1) is 10.1 Å². The van der Waals surface area contributed by atoms with Crippen molar-refractivity contribution < 1.29 is 22.8 Å². The predicted octanol–water partition coefficient (Wildman–Crippen LogP) is 1.56. The van der Waals surface area contributed by atoms with Crippen molar-refractivity contribution >= 4 is 44.6 Å². The Hall–Kier alpha value is -2.94. The number of methoxy groups -OCH3 is 1.